The summed E-state index contributed by atoms with van der Waals surface area (Å²) in [6.07, 6.45) is 10.4. The molecule has 0 saturated heterocycles. The van der Waals surface area contributed by atoms with Crippen LogP contribution in [0.4, 0.5) is 0 Å². The van der Waals surface area contributed by atoms with E-state index in [1.165, 1.54) is 0 Å². The fraction of sp³-hybridized carbons (Fsp3) is 0.579. The normalized spacial score (nSPS) is 26.3. The van der Waals surface area contributed by atoms with E-state index in [1.807, 2.05) is 24.7 Å². The molecule has 2 aliphatic carbocycles. The van der Waals surface area contributed by atoms with Gasteiger partial charge in [-0.15, -0.1) is 0 Å². The first-order valence-electron chi connectivity index (χ1n) is 9.84. The van der Waals surface area contributed by atoms with E-state index in [0.717, 1.165) is 54.6 Å². The molecule has 2 saturated carbocycles. The summed E-state index contributed by atoms with van der Waals surface area (Å²) in [4.78, 5) is 12.4. The number of aromatic nitrogens is 4. The first-order chi connectivity index (χ1) is 13.1. The van der Waals surface area contributed by atoms with Gasteiger partial charge in [0.25, 0.3) is 0 Å². The van der Waals surface area contributed by atoms with E-state index in [1.54, 1.807) is 0 Å². The Morgan fingerprint density at radius 1 is 1.26 bits per heavy atom. The molecule has 0 bridgehead atoms. The van der Waals surface area contributed by atoms with Gasteiger partial charge in [-0.2, -0.15) is 0 Å². The van der Waals surface area contributed by atoms with Crippen LogP contribution in [0.5, 0.6) is 0 Å². The first-order valence-corrected chi connectivity index (χ1v) is 11.4. The maximum atomic E-state index is 12.2. The minimum Gasteiger partial charge on any atom is -0.345 e. The lowest BCUT2D eigenvalue weighted by Gasteiger charge is -2.17. The van der Waals surface area contributed by atoms with Crippen molar-refractivity contribution in [1.29, 1.82) is 0 Å². The SMILES string of the molecule is CC[C@H]1C[C@@H](CNS(=O)(=O)C2CC2)C[C@H]1c1ncc2cnc3[nH]ccc3n12. The molecule has 0 spiro atoms. The van der Waals surface area contributed by atoms with Gasteiger partial charge in [-0.1, -0.05) is 13.3 Å². The van der Waals surface area contributed by atoms with E-state index >= 15 is 0 Å². The second-order valence-electron chi connectivity index (χ2n) is 8.05. The van der Waals surface area contributed by atoms with Crippen LogP contribution in [-0.2, 0) is 10.0 Å². The summed E-state index contributed by atoms with van der Waals surface area (Å²) in [6, 6.07) is 2.04. The van der Waals surface area contributed by atoms with Gasteiger partial charge in [-0.05, 0) is 43.6 Å². The minimum absolute atomic E-state index is 0.151. The largest absolute Gasteiger partial charge is 0.345 e. The van der Waals surface area contributed by atoms with Crippen molar-refractivity contribution in [3.8, 4) is 0 Å². The van der Waals surface area contributed by atoms with Crippen LogP contribution in [-0.4, -0.2) is 39.6 Å². The van der Waals surface area contributed by atoms with Gasteiger partial charge in [0.2, 0.25) is 10.0 Å². The fourth-order valence-electron chi connectivity index (χ4n) is 4.67. The standard InChI is InChI=1S/C19H25N5O2S/c1-2-13-7-12(9-23-27(25,26)15-3-4-15)8-16(13)19-22-11-14-10-21-18-17(24(14)19)5-6-20-18/h5-6,10-13,15-16,20,23H,2-4,7-9H2,1H3/t12-,13+,16-/m1/s1. The number of nitrogens with zero attached hydrogens (tertiary/aromatic N) is 3. The average Bonchev–Trinajstić information content (AvgIpc) is 3.11. The predicted octanol–water partition coefficient (Wildman–Crippen LogP) is 2.81. The Balaban J connectivity index is 1.42. The number of rotatable bonds is 6. The quantitative estimate of drug-likeness (QED) is 0.680. The van der Waals surface area contributed by atoms with Gasteiger partial charge < -0.3 is 4.98 Å². The highest BCUT2D eigenvalue weighted by atomic mass is 32.2. The zero-order valence-electron chi connectivity index (χ0n) is 15.4. The number of fused-ring (bicyclic) bond motifs is 3. The van der Waals surface area contributed by atoms with Gasteiger partial charge in [0, 0.05) is 18.7 Å². The van der Waals surface area contributed by atoms with Crippen molar-refractivity contribution in [1.82, 2.24) is 24.1 Å². The molecule has 3 atom stereocenters. The molecule has 7 nitrogen and oxygen atoms in total. The molecule has 27 heavy (non-hydrogen) atoms. The monoisotopic (exact) mass is 387 g/mol. The molecule has 2 aliphatic rings. The van der Waals surface area contributed by atoms with Crippen molar-refractivity contribution in [2.45, 2.75) is 50.2 Å². The molecule has 3 aromatic heterocycles. The van der Waals surface area contributed by atoms with Crippen LogP contribution in [0, 0.1) is 11.8 Å². The minimum atomic E-state index is -3.11. The first kappa shape index (κ1) is 17.2. The number of imidazole rings is 1. The smallest absolute Gasteiger partial charge is 0.214 e. The van der Waals surface area contributed by atoms with Gasteiger partial charge in [0.1, 0.15) is 5.82 Å². The van der Waals surface area contributed by atoms with Crippen molar-refractivity contribution in [2.75, 3.05) is 6.54 Å². The van der Waals surface area contributed by atoms with Crippen LogP contribution < -0.4 is 4.72 Å². The lowest BCUT2D eigenvalue weighted by Crippen LogP contribution is -2.31. The van der Waals surface area contributed by atoms with Gasteiger partial charge in [0.15, 0.2) is 5.65 Å². The molecule has 3 heterocycles. The molecule has 2 N–H and O–H groups in total. The maximum Gasteiger partial charge on any atom is 0.214 e. The topological polar surface area (TPSA) is 92.2 Å². The zero-order valence-corrected chi connectivity index (χ0v) is 16.2. The fourth-order valence-corrected chi connectivity index (χ4v) is 6.13. The van der Waals surface area contributed by atoms with Gasteiger partial charge in [-0.3, -0.25) is 4.40 Å². The van der Waals surface area contributed by atoms with Crippen molar-refractivity contribution >= 4 is 26.7 Å². The highest BCUT2D eigenvalue weighted by Crippen LogP contribution is 2.44. The van der Waals surface area contributed by atoms with E-state index in [4.69, 9.17) is 4.98 Å². The second-order valence-corrected chi connectivity index (χ2v) is 10.1. The number of H-pyrrole nitrogens is 1. The van der Waals surface area contributed by atoms with Crippen LogP contribution in [0.15, 0.2) is 24.7 Å². The molecule has 5 rings (SSSR count). The van der Waals surface area contributed by atoms with E-state index in [0.29, 0.717) is 24.3 Å². The molecule has 8 heteroatoms. The Morgan fingerprint density at radius 2 is 2.07 bits per heavy atom. The van der Waals surface area contributed by atoms with Crippen LogP contribution >= 0.6 is 0 Å². The van der Waals surface area contributed by atoms with Crippen LogP contribution in [0.2, 0.25) is 0 Å². The maximum absolute atomic E-state index is 12.2. The Labute approximate surface area is 158 Å². The van der Waals surface area contributed by atoms with Crippen LogP contribution in [0.25, 0.3) is 16.7 Å². The molecule has 0 aliphatic heterocycles. The third-order valence-electron chi connectivity index (χ3n) is 6.27. The van der Waals surface area contributed by atoms with E-state index in [2.05, 4.69) is 26.0 Å². The lowest BCUT2D eigenvalue weighted by atomic mass is 9.93. The molecule has 0 aromatic carbocycles. The summed E-state index contributed by atoms with van der Waals surface area (Å²) in [6.45, 7) is 2.77. The van der Waals surface area contributed by atoms with Gasteiger partial charge in [-0.25, -0.2) is 23.1 Å². The number of nitrogens with one attached hydrogen (secondary N) is 2. The lowest BCUT2D eigenvalue weighted by molar-refractivity contribution is 0.444. The Hall–Kier alpha value is -1.93. The molecule has 2 fully saturated rings. The Bertz CT molecular complexity index is 1080. The molecular formula is C19H25N5O2S. The van der Waals surface area contributed by atoms with Crippen molar-refractivity contribution in [3.63, 3.8) is 0 Å². The highest BCUT2D eigenvalue weighted by Gasteiger charge is 2.39. The van der Waals surface area contributed by atoms with Crippen molar-refractivity contribution in [2.24, 2.45) is 11.8 Å². The third kappa shape index (κ3) is 2.95. The summed E-state index contributed by atoms with van der Waals surface area (Å²) in [7, 11) is -3.11. The summed E-state index contributed by atoms with van der Waals surface area (Å²) in [5.74, 6) is 2.31. The average molecular weight is 388 g/mol. The molecule has 0 radical (unpaired) electrons. The van der Waals surface area contributed by atoms with E-state index < -0.39 is 10.0 Å². The summed E-state index contributed by atoms with van der Waals surface area (Å²) >= 11 is 0. The molecule has 0 amide bonds. The molecule has 0 unspecified atom stereocenters. The second kappa shape index (κ2) is 6.31. The van der Waals surface area contributed by atoms with Crippen LogP contribution in [0.1, 0.15) is 50.8 Å². The Kier molecular flexibility index (Phi) is 4.01. The van der Waals surface area contributed by atoms with Crippen LogP contribution in [0.3, 0.4) is 0 Å². The van der Waals surface area contributed by atoms with E-state index in [9.17, 15) is 8.42 Å². The van der Waals surface area contributed by atoms with Crippen molar-refractivity contribution < 1.29 is 8.42 Å². The highest BCUT2D eigenvalue weighted by molar-refractivity contribution is 7.90. The third-order valence-corrected chi connectivity index (χ3v) is 8.19. The molecule has 3 aromatic rings. The zero-order chi connectivity index (χ0) is 18.6. The number of hydrogen-bond acceptors (Lipinski definition) is 4. The Morgan fingerprint density at radius 3 is 2.85 bits per heavy atom. The molecular weight excluding hydrogens is 362 g/mol. The summed E-state index contributed by atoms with van der Waals surface area (Å²) < 4.78 is 29.4. The molecule has 144 valence electrons. The summed E-state index contributed by atoms with van der Waals surface area (Å²) in [5, 5.41) is -0.151. The van der Waals surface area contributed by atoms with Gasteiger partial charge in [0.05, 0.1) is 28.7 Å². The predicted molar refractivity (Wildman–Crippen MR) is 104 cm³/mol. The number of aromatic amines is 1. The van der Waals surface area contributed by atoms with Gasteiger partial charge >= 0.3 is 0 Å². The number of hydrogen-bond donors (Lipinski definition) is 2. The van der Waals surface area contributed by atoms with Crippen molar-refractivity contribution in [3.05, 3.63) is 30.5 Å². The van der Waals surface area contributed by atoms with E-state index in [-0.39, 0.29) is 5.25 Å². The summed E-state index contributed by atoms with van der Waals surface area (Å²) in [5.41, 5.74) is 2.92. The number of sulfonamides is 1.